The number of rotatable bonds is 1. The first-order valence-corrected chi connectivity index (χ1v) is 9.95. The average Bonchev–Trinajstić information content (AvgIpc) is 2.70. The summed E-state index contributed by atoms with van der Waals surface area (Å²) in [4.78, 5) is 3.12. The zero-order chi connectivity index (χ0) is 16.3. The van der Waals surface area contributed by atoms with Crippen molar-refractivity contribution in [3.63, 3.8) is 0 Å². The summed E-state index contributed by atoms with van der Waals surface area (Å²) in [5.41, 5.74) is 1.42. The molecular weight excluding hydrogens is 297 g/mol. The van der Waals surface area contributed by atoms with Crippen LogP contribution in [0.15, 0.2) is 28.9 Å². The van der Waals surface area contributed by atoms with E-state index in [2.05, 4.69) is 36.7 Å². The Morgan fingerprint density at radius 3 is 1.95 bits per heavy atom. The van der Waals surface area contributed by atoms with Gasteiger partial charge in [-0.15, -0.1) is 0 Å². The minimum atomic E-state index is -4.32. The summed E-state index contributed by atoms with van der Waals surface area (Å²) in [6.45, 7) is 10.9. The zero-order valence-electron chi connectivity index (χ0n) is 12.7. The molecule has 0 saturated carbocycles. The fourth-order valence-electron chi connectivity index (χ4n) is 1.65. The molecule has 0 radical (unpaired) electrons. The molecule has 0 amide bonds. The van der Waals surface area contributed by atoms with E-state index in [1.54, 1.807) is 0 Å². The fourth-order valence-corrected chi connectivity index (χ4v) is 3.27. The largest absolute Gasteiger partial charge is 0.433 e. The Morgan fingerprint density at radius 2 is 1.71 bits per heavy atom. The molecule has 0 spiro atoms. The number of hydrogen-bond donors (Lipinski definition) is 0. The van der Waals surface area contributed by atoms with Gasteiger partial charge < -0.3 is 4.52 Å². The lowest BCUT2D eigenvalue weighted by Crippen LogP contribution is -2.38. The van der Waals surface area contributed by atoms with Crippen LogP contribution in [-0.4, -0.2) is 18.2 Å². The van der Waals surface area contributed by atoms with Gasteiger partial charge in [0.2, 0.25) is 0 Å². The maximum absolute atomic E-state index is 11.7. The summed E-state index contributed by atoms with van der Waals surface area (Å²) in [6, 6.07) is 3.67. The van der Waals surface area contributed by atoms with Crippen molar-refractivity contribution in [3.05, 3.63) is 41.3 Å². The number of hydrogen-bond acceptors (Lipinski definition) is 3. The molecule has 2 aromatic rings. The summed E-state index contributed by atoms with van der Waals surface area (Å²) in [5.74, 6) is 0. The zero-order valence-corrected chi connectivity index (χ0v) is 13.7. The van der Waals surface area contributed by atoms with Crippen LogP contribution in [0.3, 0.4) is 0 Å². The molecule has 2 heterocycles. The Bertz CT molecular complexity index is 574. The molecule has 7 heteroatoms. The van der Waals surface area contributed by atoms with Crippen LogP contribution in [0.4, 0.5) is 13.2 Å². The standard InChI is InChI=1S/C8H15NOSi.C6H4F3N/c1-6-7(2)9-10-8(6)11(3,4)5;7-6(8,9)5-3-1-2-4-10-5/h1-5H3;1-4H. The van der Waals surface area contributed by atoms with Crippen molar-refractivity contribution < 1.29 is 17.7 Å². The molecule has 0 aromatic carbocycles. The molecule has 2 aromatic heterocycles. The second kappa shape index (κ2) is 6.42. The van der Waals surface area contributed by atoms with Crippen molar-refractivity contribution in [2.75, 3.05) is 0 Å². The van der Waals surface area contributed by atoms with Gasteiger partial charge >= 0.3 is 6.18 Å². The molecule has 0 aliphatic carbocycles. The molecule has 0 saturated heterocycles. The van der Waals surface area contributed by atoms with Gasteiger partial charge in [0.25, 0.3) is 0 Å². The Labute approximate surface area is 123 Å². The van der Waals surface area contributed by atoms with E-state index in [1.165, 1.54) is 17.7 Å². The molecule has 2 rings (SSSR count). The van der Waals surface area contributed by atoms with E-state index in [0.717, 1.165) is 23.3 Å². The number of pyridine rings is 1. The highest BCUT2D eigenvalue weighted by Crippen LogP contribution is 2.26. The first-order valence-electron chi connectivity index (χ1n) is 6.45. The maximum Gasteiger partial charge on any atom is 0.433 e. The van der Waals surface area contributed by atoms with E-state index in [-0.39, 0.29) is 0 Å². The van der Waals surface area contributed by atoms with Gasteiger partial charge in [0.15, 0.2) is 0 Å². The lowest BCUT2D eigenvalue weighted by molar-refractivity contribution is -0.141. The topological polar surface area (TPSA) is 38.9 Å². The third-order valence-corrected chi connectivity index (χ3v) is 4.62. The Hall–Kier alpha value is -1.63. The van der Waals surface area contributed by atoms with Crippen LogP contribution in [0.5, 0.6) is 0 Å². The van der Waals surface area contributed by atoms with Crippen molar-refractivity contribution in [1.29, 1.82) is 0 Å². The van der Waals surface area contributed by atoms with E-state index < -0.39 is 19.9 Å². The molecule has 0 aliphatic rings. The monoisotopic (exact) mass is 316 g/mol. The third kappa shape index (κ3) is 5.00. The Morgan fingerprint density at radius 1 is 1.10 bits per heavy atom. The van der Waals surface area contributed by atoms with Crippen molar-refractivity contribution in [2.24, 2.45) is 0 Å². The van der Waals surface area contributed by atoms with Crippen molar-refractivity contribution >= 4 is 13.5 Å². The van der Waals surface area contributed by atoms with Crippen LogP contribution in [0.25, 0.3) is 0 Å². The lowest BCUT2D eigenvalue weighted by atomic mass is 10.3. The van der Waals surface area contributed by atoms with Crippen LogP contribution in [-0.2, 0) is 6.18 Å². The van der Waals surface area contributed by atoms with Crippen LogP contribution in [0.2, 0.25) is 19.6 Å². The number of alkyl halides is 3. The summed E-state index contributed by atoms with van der Waals surface area (Å²) in [7, 11) is -1.29. The van der Waals surface area contributed by atoms with Crippen LogP contribution >= 0.6 is 0 Å². The first-order chi connectivity index (χ1) is 9.53. The molecule has 0 N–H and O–H groups in total. The van der Waals surface area contributed by atoms with Gasteiger partial charge in [0, 0.05) is 11.8 Å². The van der Waals surface area contributed by atoms with Crippen molar-refractivity contribution in [2.45, 2.75) is 39.7 Å². The molecule has 0 aliphatic heterocycles. The van der Waals surface area contributed by atoms with E-state index in [1.807, 2.05) is 6.92 Å². The number of aromatic nitrogens is 2. The highest BCUT2D eigenvalue weighted by molar-refractivity contribution is 6.88. The third-order valence-electron chi connectivity index (χ3n) is 2.79. The average molecular weight is 316 g/mol. The summed E-state index contributed by atoms with van der Waals surface area (Å²) in [6.07, 6.45) is -3.20. The lowest BCUT2D eigenvalue weighted by Gasteiger charge is -2.11. The molecule has 0 fully saturated rings. The summed E-state index contributed by atoms with van der Waals surface area (Å²) < 4.78 is 40.4. The van der Waals surface area contributed by atoms with Gasteiger partial charge in [0.05, 0.1) is 5.69 Å². The minimum absolute atomic E-state index is 0.852. The van der Waals surface area contributed by atoms with Gasteiger partial charge in [-0.3, -0.25) is 4.98 Å². The van der Waals surface area contributed by atoms with E-state index >= 15 is 0 Å². The van der Waals surface area contributed by atoms with Crippen LogP contribution in [0.1, 0.15) is 17.0 Å². The van der Waals surface area contributed by atoms with E-state index in [0.29, 0.717) is 0 Å². The van der Waals surface area contributed by atoms with Gasteiger partial charge in [-0.25, -0.2) is 0 Å². The quantitative estimate of drug-likeness (QED) is 0.748. The summed E-state index contributed by atoms with van der Waals surface area (Å²) >= 11 is 0. The van der Waals surface area contributed by atoms with Crippen molar-refractivity contribution in [1.82, 2.24) is 10.1 Å². The Kier molecular flexibility index (Phi) is 5.33. The number of nitrogens with zero attached hydrogens (tertiary/aromatic N) is 2. The number of aryl methyl sites for hydroxylation is 1. The molecular formula is C14H19F3N2OSi. The minimum Gasteiger partial charge on any atom is -0.366 e. The predicted octanol–water partition coefficient (Wildman–Crippen LogP) is 3.94. The fraction of sp³-hybridized carbons (Fsp3) is 0.429. The smallest absolute Gasteiger partial charge is 0.366 e. The summed E-state index contributed by atoms with van der Waals surface area (Å²) in [5, 5.41) is 5.08. The predicted molar refractivity (Wildman–Crippen MR) is 78.2 cm³/mol. The van der Waals surface area contributed by atoms with Gasteiger partial charge in [-0.2, -0.15) is 13.2 Å². The second-order valence-corrected chi connectivity index (χ2v) is 10.6. The van der Waals surface area contributed by atoms with Gasteiger partial charge in [-0.1, -0.05) is 30.9 Å². The van der Waals surface area contributed by atoms with E-state index in [9.17, 15) is 13.2 Å². The molecule has 21 heavy (non-hydrogen) atoms. The molecule has 0 bridgehead atoms. The molecule has 116 valence electrons. The highest BCUT2D eigenvalue weighted by Gasteiger charge is 2.31. The molecule has 3 nitrogen and oxygen atoms in total. The van der Waals surface area contributed by atoms with E-state index in [4.69, 9.17) is 4.52 Å². The molecule has 0 unspecified atom stereocenters. The number of halogens is 3. The SMILES string of the molecule is Cc1noc([Si](C)(C)C)c1C.FC(F)(F)c1ccccn1. The molecule has 0 atom stereocenters. The van der Waals surface area contributed by atoms with Gasteiger partial charge in [-0.05, 0) is 26.0 Å². The normalized spacial score (nSPS) is 11.8. The Balaban J connectivity index is 0.000000211. The van der Waals surface area contributed by atoms with Crippen LogP contribution in [0, 0.1) is 13.8 Å². The van der Waals surface area contributed by atoms with Crippen molar-refractivity contribution in [3.8, 4) is 0 Å². The highest BCUT2D eigenvalue weighted by atomic mass is 28.3. The first kappa shape index (κ1) is 17.4. The second-order valence-electron chi connectivity index (χ2n) is 5.68. The van der Waals surface area contributed by atoms with Crippen LogP contribution < -0.4 is 5.38 Å². The maximum atomic E-state index is 11.7. The van der Waals surface area contributed by atoms with Gasteiger partial charge in [0.1, 0.15) is 19.2 Å².